The van der Waals surface area contributed by atoms with Crippen molar-refractivity contribution in [2.24, 2.45) is 0 Å². The lowest BCUT2D eigenvalue weighted by molar-refractivity contribution is -0.105. The molecule has 0 bridgehead atoms. The molecule has 0 aliphatic carbocycles. The maximum absolute atomic E-state index is 10.8. The van der Waals surface area contributed by atoms with Crippen LogP contribution in [0.15, 0.2) is 23.6 Å². The number of phosphoric acid groups is 1. The minimum Gasteiger partial charge on any atom is -0.328 e. The van der Waals surface area contributed by atoms with Gasteiger partial charge in [-0.05, 0) is 61.5 Å². The summed E-state index contributed by atoms with van der Waals surface area (Å²) < 4.78 is 10.2. The zero-order valence-electron chi connectivity index (χ0n) is 14.0. The first-order valence-electron chi connectivity index (χ1n) is 8.04. The molecule has 1 aliphatic rings. The molecule has 1 amide bonds. The van der Waals surface area contributed by atoms with Gasteiger partial charge in [-0.1, -0.05) is 13.0 Å². The zero-order chi connectivity index (χ0) is 18.4. The fraction of sp³-hybridized carbons (Fsp3) is 0.438. The topological polar surface area (TPSA) is 110 Å². The largest absolute Gasteiger partial charge is 0.466 e. The summed E-state index contributed by atoms with van der Waals surface area (Å²) in [5.74, 6) is 0.626. The second-order valence-electron chi connectivity index (χ2n) is 5.85. The standard InChI is InChI=1S/C16H20N2OS.H3O4P/c1-2-18-8-6-12(7-9-18)13-10-20-15-5-3-4-14(16(13)15)17-11-19;1-5(2,3)4/h3-5,10-12H,2,6-9H2,1H3,(H,17,19);(H3,1,2,3,4). The molecule has 2 aromatic rings. The Morgan fingerprint density at radius 3 is 2.52 bits per heavy atom. The fourth-order valence-electron chi connectivity index (χ4n) is 3.16. The zero-order valence-corrected chi connectivity index (χ0v) is 15.7. The van der Waals surface area contributed by atoms with Crippen molar-refractivity contribution in [1.82, 2.24) is 4.90 Å². The van der Waals surface area contributed by atoms with E-state index in [1.54, 1.807) is 11.3 Å². The molecule has 1 aromatic heterocycles. The summed E-state index contributed by atoms with van der Waals surface area (Å²) in [6.07, 6.45) is 3.21. The first kappa shape index (κ1) is 20.0. The van der Waals surface area contributed by atoms with Gasteiger partial charge in [0, 0.05) is 15.8 Å². The maximum atomic E-state index is 10.8. The van der Waals surface area contributed by atoms with Gasteiger partial charge in [-0.15, -0.1) is 11.3 Å². The Bertz CT molecular complexity index is 744. The van der Waals surface area contributed by atoms with Gasteiger partial charge in [0.25, 0.3) is 0 Å². The molecule has 1 saturated heterocycles. The Morgan fingerprint density at radius 1 is 1.32 bits per heavy atom. The van der Waals surface area contributed by atoms with Gasteiger partial charge in [-0.3, -0.25) is 4.79 Å². The van der Waals surface area contributed by atoms with Crippen LogP contribution in [0.2, 0.25) is 0 Å². The van der Waals surface area contributed by atoms with Crippen molar-refractivity contribution in [3.05, 3.63) is 29.1 Å². The quantitative estimate of drug-likeness (QED) is 0.475. The van der Waals surface area contributed by atoms with E-state index in [9.17, 15) is 4.79 Å². The van der Waals surface area contributed by atoms with Gasteiger partial charge in [0.05, 0.1) is 0 Å². The van der Waals surface area contributed by atoms with Crippen molar-refractivity contribution in [1.29, 1.82) is 0 Å². The highest BCUT2D eigenvalue weighted by Crippen LogP contribution is 2.40. The van der Waals surface area contributed by atoms with Crippen molar-refractivity contribution in [2.75, 3.05) is 25.0 Å². The Hall–Kier alpha value is -1.28. The Kier molecular flexibility index (Phi) is 7.13. The highest BCUT2D eigenvalue weighted by Gasteiger charge is 2.23. The lowest BCUT2D eigenvalue weighted by Crippen LogP contribution is -2.32. The summed E-state index contributed by atoms with van der Waals surface area (Å²) >= 11 is 1.78. The van der Waals surface area contributed by atoms with Gasteiger partial charge in [-0.25, -0.2) is 4.57 Å². The molecule has 0 radical (unpaired) electrons. The summed E-state index contributed by atoms with van der Waals surface area (Å²) in [4.78, 5) is 34.9. The molecule has 4 N–H and O–H groups in total. The van der Waals surface area contributed by atoms with Crippen LogP contribution in [-0.4, -0.2) is 45.6 Å². The number of hydrogen-bond acceptors (Lipinski definition) is 4. The van der Waals surface area contributed by atoms with Crippen LogP contribution >= 0.6 is 19.2 Å². The molecule has 2 heterocycles. The number of fused-ring (bicyclic) bond motifs is 1. The number of nitrogens with one attached hydrogen (secondary N) is 1. The molecule has 0 atom stereocenters. The number of likely N-dealkylation sites (tertiary alicyclic amines) is 1. The molecule has 0 saturated carbocycles. The minimum atomic E-state index is -4.64. The monoisotopic (exact) mass is 386 g/mol. The van der Waals surface area contributed by atoms with Crippen LogP contribution in [-0.2, 0) is 9.36 Å². The van der Waals surface area contributed by atoms with Gasteiger partial charge in [0.2, 0.25) is 6.41 Å². The highest BCUT2D eigenvalue weighted by molar-refractivity contribution is 7.45. The van der Waals surface area contributed by atoms with Crippen molar-refractivity contribution < 1.29 is 24.0 Å². The molecular formula is C16H23N2O5PS. The SMILES string of the molecule is CCN1CCC(c2csc3cccc(NC=O)c23)CC1.O=P(O)(O)O. The van der Waals surface area contributed by atoms with Crippen LogP contribution in [0, 0.1) is 0 Å². The first-order valence-corrected chi connectivity index (χ1v) is 10.5. The second-order valence-corrected chi connectivity index (χ2v) is 7.79. The number of benzene rings is 1. The average Bonchev–Trinajstić information content (AvgIpc) is 2.99. The number of amides is 1. The van der Waals surface area contributed by atoms with E-state index in [4.69, 9.17) is 19.2 Å². The molecule has 1 fully saturated rings. The molecular weight excluding hydrogens is 363 g/mol. The van der Waals surface area contributed by atoms with Crippen molar-refractivity contribution in [3.63, 3.8) is 0 Å². The summed E-state index contributed by atoms with van der Waals surface area (Å²) in [5, 5.41) is 6.39. The summed E-state index contributed by atoms with van der Waals surface area (Å²) in [6.45, 7) is 5.74. The molecule has 3 rings (SSSR count). The molecule has 1 aromatic carbocycles. The van der Waals surface area contributed by atoms with Gasteiger partial charge in [0.15, 0.2) is 0 Å². The number of nitrogens with zero attached hydrogens (tertiary/aromatic N) is 1. The van der Waals surface area contributed by atoms with E-state index >= 15 is 0 Å². The second kappa shape index (κ2) is 8.89. The lowest BCUT2D eigenvalue weighted by atomic mass is 9.89. The van der Waals surface area contributed by atoms with E-state index in [-0.39, 0.29) is 0 Å². The Morgan fingerprint density at radius 2 is 1.96 bits per heavy atom. The Balaban J connectivity index is 0.000000399. The van der Waals surface area contributed by atoms with Gasteiger partial charge >= 0.3 is 7.82 Å². The lowest BCUT2D eigenvalue weighted by Gasteiger charge is -2.31. The molecule has 7 nitrogen and oxygen atoms in total. The summed E-state index contributed by atoms with van der Waals surface area (Å²) in [5.41, 5.74) is 2.37. The number of piperidine rings is 1. The van der Waals surface area contributed by atoms with Gasteiger partial charge in [-0.2, -0.15) is 0 Å². The normalized spacial score (nSPS) is 16.3. The Labute approximate surface area is 150 Å². The molecule has 9 heteroatoms. The molecule has 0 unspecified atom stereocenters. The molecule has 138 valence electrons. The third-order valence-corrected chi connectivity index (χ3v) is 5.28. The van der Waals surface area contributed by atoms with E-state index in [1.807, 2.05) is 12.1 Å². The van der Waals surface area contributed by atoms with Crippen LogP contribution in [0.4, 0.5) is 5.69 Å². The third kappa shape index (κ3) is 5.88. The minimum absolute atomic E-state index is 0.626. The number of anilines is 1. The number of carbonyl (C=O) groups is 1. The number of carbonyl (C=O) groups excluding carboxylic acids is 1. The third-order valence-electron chi connectivity index (χ3n) is 4.32. The number of thiophene rings is 1. The van der Waals surface area contributed by atoms with Crippen LogP contribution in [0.3, 0.4) is 0 Å². The van der Waals surface area contributed by atoms with Crippen LogP contribution in [0.25, 0.3) is 10.1 Å². The smallest absolute Gasteiger partial charge is 0.328 e. The van der Waals surface area contributed by atoms with E-state index in [0.29, 0.717) is 5.92 Å². The molecule has 1 aliphatic heterocycles. The van der Waals surface area contributed by atoms with Crippen molar-refractivity contribution >= 4 is 41.3 Å². The average molecular weight is 386 g/mol. The van der Waals surface area contributed by atoms with Crippen LogP contribution in [0.5, 0.6) is 0 Å². The van der Waals surface area contributed by atoms with E-state index < -0.39 is 7.82 Å². The van der Waals surface area contributed by atoms with Crippen LogP contribution in [0.1, 0.15) is 31.2 Å². The van der Waals surface area contributed by atoms with Gasteiger partial charge < -0.3 is 24.9 Å². The van der Waals surface area contributed by atoms with E-state index in [1.165, 1.54) is 41.6 Å². The highest BCUT2D eigenvalue weighted by atomic mass is 32.1. The predicted octanol–water partition coefficient (Wildman–Crippen LogP) is 2.74. The fourth-order valence-corrected chi connectivity index (χ4v) is 4.22. The summed E-state index contributed by atoms with van der Waals surface area (Å²) in [7, 11) is -4.64. The van der Waals surface area contributed by atoms with Crippen molar-refractivity contribution in [3.8, 4) is 0 Å². The van der Waals surface area contributed by atoms with Crippen LogP contribution < -0.4 is 5.32 Å². The van der Waals surface area contributed by atoms with E-state index in [0.717, 1.165) is 18.6 Å². The van der Waals surface area contributed by atoms with Crippen molar-refractivity contribution in [2.45, 2.75) is 25.7 Å². The molecule has 0 spiro atoms. The van der Waals surface area contributed by atoms with E-state index in [2.05, 4.69) is 28.6 Å². The number of rotatable bonds is 4. The maximum Gasteiger partial charge on any atom is 0.466 e. The van der Waals surface area contributed by atoms with Gasteiger partial charge in [0.1, 0.15) is 0 Å². The predicted molar refractivity (Wildman–Crippen MR) is 99.9 cm³/mol. The summed E-state index contributed by atoms with van der Waals surface area (Å²) in [6, 6.07) is 6.14. The molecule has 25 heavy (non-hydrogen) atoms. The number of hydrogen-bond donors (Lipinski definition) is 4. The first-order chi connectivity index (χ1) is 11.8.